The third-order valence-electron chi connectivity index (χ3n) is 3.48. The molecule has 1 amide bonds. The summed E-state index contributed by atoms with van der Waals surface area (Å²) in [4.78, 5) is 12.1. The second-order valence-electron chi connectivity index (χ2n) is 6.25. The number of nitrogens with one attached hydrogen (secondary N) is 1. The molecule has 0 atom stereocenters. The van der Waals surface area contributed by atoms with Crippen LogP contribution in [0.2, 0.25) is 5.02 Å². The van der Waals surface area contributed by atoms with Crippen LogP contribution in [0.15, 0.2) is 41.5 Å². The second-order valence-corrected chi connectivity index (χ2v) is 6.66. The van der Waals surface area contributed by atoms with E-state index in [2.05, 4.69) is 24.4 Å². The first-order valence-electron chi connectivity index (χ1n) is 8.69. The normalized spacial score (nSPS) is 11.0. The van der Waals surface area contributed by atoms with E-state index >= 15 is 0 Å². The van der Waals surface area contributed by atoms with Crippen molar-refractivity contribution in [3.05, 3.63) is 52.5 Å². The fourth-order valence-corrected chi connectivity index (χ4v) is 2.52. The van der Waals surface area contributed by atoms with Crippen molar-refractivity contribution >= 4 is 29.4 Å². The van der Waals surface area contributed by atoms with E-state index in [1.54, 1.807) is 36.4 Å². The number of halogens is 1. The molecule has 2 rings (SSSR count). The summed E-state index contributed by atoms with van der Waals surface area (Å²) in [5.74, 6) is 1.01. The molecule has 7 heteroatoms. The Hall–Kier alpha value is -2.73. The Morgan fingerprint density at radius 3 is 2.70 bits per heavy atom. The number of nitrogen functional groups attached to an aromatic ring is 1. The van der Waals surface area contributed by atoms with Gasteiger partial charge in [-0.2, -0.15) is 5.10 Å². The van der Waals surface area contributed by atoms with Crippen LogP contribution in [-0.4, -0.2) is 25.3 Å². The van der Waals surface area contributed by atoms with Gasteiger partial charge in [0.25, 0.3) is 5.91 Å². The minimum Gasteiger partial charge on any atom is -0.490 e. The smallest absolute Gasteiger partial charge is 0.273 e. The first-order valence-corrected chi connectivity index (χ1v) is 9.07. The SMILES string of the molecule is CCOc1cc(/C=N\NC(=O)c2ccccc2N)cc(Cl)c1OCC(C)C. The van der Waals surface area contributed by atoms with Crippen LogP contribution in [0.4, 0.5) is 5.69 Å². The van der Waals surface area contributed by atoms with Crippen molar-refractivity contribution in [3.8, 4) is 11.5 Å². The molecule has 2 aromatic rings. The average Bonchev–Trinajstić information content (AvgIpc) is 2.61. The lowest BCUT2D eigenvalue weighted by atomic mass is 10.2. The van der Waals surface area contributed by atoms with Crippen LogP contribution >= 0.6 is 11.6 Å². The highest BCUT2D eigenvalue weighted by Crippen LogP contribution is 2.36. The van der Waals surface area contributed by atoms with Crippen LogP contribution < -0.4 is 20.6 Å². The molecule has 0 spiro atoms. The zero-order valence-corrected chi connectivity index (χ0v) is 16.4. The topological polar surface area (TPSA) is 85.9 Å². The molecule has 6 nitrogen and oxygen atoms in total. The summed E-state index contributed by atoms with van der Waals surface area (Å²) in [5, 5.41) is 4.39. The third kappa shape index (κ3) is 5.89. The maximum atomic E-state index is 12.1. The van der Waals surface area contributed by atoms with Crippen molar-refractivity contribution in [2.24, 2.45) is 11.0 Å². The van der Waals surface area contributed by atoms with Crippen LogP contribution in [0.5, 0.6) is 11.5 Å². The van der Waals surface area contributed by atoms with E-state index < -0.39 is 5.91 Å². The Balaban J connectivity index is 2.14. The van der Waals surface area contributed by atoms with Gasteiger partial charge >= 0.3 is 0 Å². The molecule has 0 aliphatic heterocycles. The summed E-state index contributed by atoms with van der Waals surface area (Å²) in [6.07, 6.45) is 1.48. The molecule has 2 aromatic carbocycles. The lowest BCUT2D eigenvalue weighted by Crippen LogP contribution is -2.19. The number of carbonyl (C=O) groups excluding carboxylic acids is 1. The first-order chi connectivity index (χ1) is 12.9. The van der Waals surface area contributed by atoms with Crippen LogP contribution in [0.3, 0.4) is 0 Å². The number of hydrogen-bond acceptors (Lipinski definition) is 5. The maximum Gasteiger partial charge on any atom is 0.273 e. The minimum absolute atomic E-state index is 0.359. The first kappa shape index (κ1) is 20.6. The number of nitrogens with zero attached hydrogens (tertiary/aromatic N) is 1. The van der Waals surface area contributed by atoms with Gasteiger partial charge in [-0.25, -0.2) is 5.43 Å². The molecule has 0 aromatic heterocycles. The molecule has 0 fully saturated rings. The highest BCUT2D eigenvalue weighted by Gasteiger charge is 2.13. The lowest BCUT2D eigenvalue weighted by molar-refractivity contribution is 0.0956. The molecule has 3 N–H and O–H groups in total. The fourth-order valence-electron chi connectivity index (χ4n) is 2.24. The average molecular weight is 390 g/mol. The van der Waals surface area contributed by atoms with Crippen molar-refractivity contribution in [1.29, 1.82) is 0 Å². The van der Waals surface area contributed by atoms with E-state index in [9.17, 15) is 4.79 Å². The molecule has 0 saturated carbocycles. The van der Waals surface area contributed by atoms with Crippen molar-refractivity contribution in [2.75, 3.05) is 18.9 Å². The Morgan fingerprint density at radius 2 is 2.04 bits per heavy atom. The number of anilines is 1. The van der Waals surface area contributed by atoms with Gasteiger partial charge in [-0.15, -0.1) is 0 Å². The number of rotatable bonds is 8. The molecule has 0 radical (unpaired) electrons. The largest absolute Gasteiger partial charge is 0.490 e. The number of hydrazone groups is 1. The lowest BCUT2D eigenvalue weighted by Gasteiger charge is -2.15. The predicted molar refractivity (Wildman–Crippen MR) is 109 cm³/mol. The summed E-state index contributed by atoms with van der Waals surface area (Å²) in [7, 11) is 0. The summed E-state index contributed by atoms with van der Waals surface area (Å²) in [6, 6.07) is 10.2. The maximum absolute atomic E-state index is 12.1. The zero-order chi connectivity index (χ0) is 19.8. The second kappa shape index (κ2) is 9.83. The monoisotopic (exact) mass is 389 g/mol. The van der Waals surface area contributed by atoms with E-state index in [1.165, 1.54) is 6.21 Å². The highest BCUT2D eigenvalue weighted by atomic mass is 35.5. The molecule has 0 aliphatic rings. The predicted octanol–water partition coefficient (Wildman–Crippen LogP) is 4.12. The standard InChI is InChI=1S/C20H24ClN3O3/c1-4-26-18-10-14(9-16(21)19(18)27-12-13(2)3)11-23-24-20(25)15-7-5-6-8-17(15)22/h5-11,13H,4,12,22H2,1-3H3,(H,24,25)/b23-11-. The van der Waals surface area contributed by atoms with Crippen LogP contribution in [-0.2, 0) is 0 Å². The van der Waals surface area contributed by atoms with Gasteiger partial charge < -0.3 is 15.2 Å². The summed E-state index contributed by atoms with van der Waals surface area (Å²) < 4.78 is 11.4. The van der Waals surface area contributed by atoms with Gasteiger partial charge in [0, 0.05) is 5.69 Å². The molecule has 0 bridgehead atoms. The van der Waals surface area contributed by atoms with Crippen LogP contribution in [0, 0.1) is 5.92 Å². The minimum atomic E-state index is -0.391. The van der Waals surface area contributed by atoms with Gasteiger partial charge in [0.2, 0.25) is 0 Å². The van der Waals surface area contributed by atoms with Crippen molar-refractivity contribution in [2.45, 2.75) is 20.8 Å². The van der Waals surface area contributed by atoms with Crippen molar-refractivity contribution in [3.63, 3.8) is 0 Å². The molecular formula is C20H24ClN3O3. The van der Waals surface area contributed by atoms with Gasteiger partial charge in [-0.3, -0.25) is 4.79 Å². The van der Waals surface area contributed by atoms with Crippen LogP contribution in [0.1, 0.15) is 36.7 Å². The zero-order valence-electron chi connectivity index (χ0n) is 15.7. The van der Waals surface area contributed by atoms with E-state index in [4.69, 9.17) is 26.8 Å². The summed E-state index contributed by atoms with van der Waals surface area (Å²) >= 11 is 6.34. The van der Waals surface area contributed by atoms with Crippen LogP contribution in [0.25, 0.3) is 0 Å². The quantitative estimate of drug-likeness (QED) is 0.404. The Labute approximate surface area is 164 Å². The Kier molecular flexibility index (Phi) is 7.49. The van der Waals surface area contributed by atoms with Gasteiger partial charge in [0.15, 0.2) is 11.5 Å². The van der Waals surface area contributed by atoms with Gasteiger partial charge in [0.05, 0.1) is 30.0 Å². The summed E-state index contributed by atoms with van der Waals surface area (Å²) in [5.41, 5.74) is 9.65. The highest BCUT2D eigenvalue weighted by molar-refractivity contribution is 6.32. The van der Waals surface area contributed by atoms with E-state index in [0.717, 1.165) is 0 Å². The van der Waals surface area contributed by atoms with E-state index in [0.29, 0.717) is 52.5 Å². The number of hydrogen-bond donors (Lipinski definition) is 2. The number of carbonyl (C=O) groups is 1. The van der Waals surface area contributed by atoms with E-state index in [-0.39, 0.29) is 0 Å². The number of nitrogens with two attached hydrogens (primary N) is 1. The Morgan fingerprint density at radius 1 is 1.30 bits per heavy atom. The molecule has 0 aliphatic carbocycles. The molecular weight excluding hydrogens is 366 g/mol. The third-order valence-corrected chi connectivity index (χ3v) is 3.76. The summed E-state index contributed by atoms with van der Waals surface area (Å²) in [6.45, 7) is 6.99. The molecule has 0 unspecified atom stereocenters. The number of benzene rings is 2. The number of para-hydroxylation sites is 1. The molecule has 0 heterocycles. The van der Waals surface area contributed by atoms with E-state index in [1.807, 2.05) is 6.92 Å². The van der Waals surface area contributed by atoms with Crippen molar-refractivity contribution in [1.82, 2.24) is 5.43 Å². The van der Waals surface area contributed by atoms with Gasteiger partial charge in [-0.05, 0) is 42.7 Å². The Bertz CT molecular complexity index is 822. The number of amides is 1. The molecule has 27 heavy (non-hydrogen) atoms. The van der Waals surface area contributed by atoms with Gasteiger partial charge in [0.1, 0.15) is 0 Å². The number of ether oxygens (including phenoxy) is 2. The molecule has 0 saturated heterocycles. The fraction of sp³-hybridized carbons (Fsp3) is 0.300. The molecule has 144 valence electrons. The van der Waals surface area contributed by atoms with Gasteiger partial charge in [-0.1, -0.05) is 37.6 Å². The van der Waals surface area contributed by atoms with Crippen molar-refractivity contribution < 1.29 is 14.3 Å².